The van der Waals surface area contributed by atoms with Crippen molar-refractivity contribution in [2.45, 2.75) is 6.92 Å². The first-order valence-corrected chi connectivity index (χ1v) is 8.22. The summed E-state index contributed by atoms with van der Waals surface area (Å²) in [5.74, 6) is 0.0151. The van der Waals surface area contributed by atoms with Gasteiger partial charge in [0.05, 0.1) is 7.11 Å². The fourth-order valence-electron chi connectivity index (χ4n) is 3.22. The van der Waals surface area contributed by atoms with Crippen LogP contribution in [0, 0.1) is 17.7 Å². The number of Topliss-reactive ketones (excluding diaryl/α,β-unsaturated/α-hetero) is 1. The molecule has 0 aliphatic carbocycles. The largest absolute Gasteiger partial charge is 0.497 e. The molecule has 1 saturated heterocycles. The quantitative estimate of drug-likeness (QED) is 0.801. The van der Waals surface area contributed by atoms with Crippen LogP contribution in [0.4, 0.5) is 4.39 Å². The summed E-state index contributed by atoms with van der Waals surface area (Å²) in [6.07, 6.45) is 0. The lowest BCUT2D eigenvalue weighted by Crippen LogP contribution is -2.30. The molecule has 0 spiro atoms. The Morgan fingerprint density at radius 2 is 1.60 bits per heavy atom. The van der Waals surface area contributed by atoms with Gasteiger partial charge >= 0.3 is 0 Å². The lowest BCUT2D eigenvalue weighted by Gasteiger charge is -2.16. The molecule has 2 aromatic carbocycles. The predicted octanol–water partition coefficient (Wildman–Crippen LogP) is 3.43. The van der Waals surface area contributed by atoms with Crippen LogP contribution in [-0.2, 0) is 0 Å². The van der Waals surface area contributed by atoms with Gasteiger partial charge in [-0.25, -0.2) is 4.39 Å². The van der Waals surface area contributed by atoms with E-state index in [1.165, 1.54) is 24.3 Å². The minimum atomic E-state index is -0.376. The summed E-state index contributed by atoms with van der Waals surface area (Å²) in [5, 5.41) is 0. The van der Waals surface area contributed by atoms with Crippen molar-refractivity contribution in [2.75, 3.05) is 20.2 Å². The number of ether oxygens (including phenoxy) is 1. The van der Waals surface area contributed by atoms with Gasteiger partial charge in [-0.2, -0.15) is 0 Å². The molecule has 0 unspecified atom stereocenters. The number of benzene rings is 2. The highest BCUT2D eigenvalue weighted by Crippen LogP contribution is 2.28. The van der Waals surface area contributed by atoms with Crippen molar-refractivity contribution < 1.29 is 18.7 Å². The van der Waals surface area contributed by atoms with Crippen LogP contribution in [-0.4, -0.2) is 36.8 Å². The normalized spacial score (nSPS) is 19.7. The zero-order valence-electron chi connectivity index (χ0n) is 14.2. The summed E-state index contributed by atoms with van der Waals surface area (Å²) in [5.41, 5.74) is 1.06. The second-order valence-electron chi connectivity index (χ2n) is 6.39. The Morgan fingerprint density at radius 1 is 1.00 bits per heavy atom. The van der Waals surface area contributed by atoms with E-state index in [2.05, 4.69) is 0 Å². The average Bonchev–Trinajstić information content (AvgIpc) is 3.03. The first-order valence-electron chi connectivity index (χ1n) is 8.22. The Balaban J connectivity index is 1.72. The number of rotatable bonds is 4. The number of ketones is 1. The molecule has 2 atom stereocenters. The summed E-state index contributed by atoms with van der Waals surface area (Å²) in [4.78, 5) is 27.0. The molecule has 2 aromatic rings. The lowest BCUT2D eigenvalue weighted by atomic mass is 9.90. The number of hydrogen-bond donors (Lipinski definition) is 0. The van der Waals surface area contributed by atoms with E-state index in [9.17, 15) is 14.0 Å². The van der Waals surface area contributed by atoms with Gasteiger partial charge in [-0.05, 0) is 54.4 Å². The van der Waals surface area contributed by atoms with Crippen molar-refractivity contribution in [1.29, 1.82) is 0 Å². The van der Waals surface area contributed by atoms with E-state index >= 15 is 0 Å². The molecule has 1 heterocycles. The molecule has 1 aliphatic heterocycles. The molecule has 3 rings (SSSR count). The fraction of sp³-hybridized carbons (Fsp3) is 0.300. The Bertz CT molecular complexity index is 771. The monoisotopic (exact) mass is 341 g/mol. The number of methoxy groups -OCH3 is 1. The number of amides is 1. The number of likely N-dealkylation sites (tertiary alicyclic amines) is 1. The topological polar surface area (TPSA) is 46.6 Å². The molecule has 0 N–H and O–H groups in total. The van der Waals surface area contributed by atoms with Crippen molar-refractivity contribution >= 4 is 11.7 Å². The van der Waals surface area contributed by atoms with Crippen LogP contribution in [0.2, 0.25) is 0 Å². The zero-order chi connectivity index (χ0) is 18.0. The van der Waals surface area contributed by atoms with Crippen molar-refractivity contribution in [3.05, 3.63) is 65.5 Å². The summed E-state index contributed by atoms with van der Waals surface area (Å²) in [7, 11) is 1.58. The zero-order valence-corrected chi connectivity index (χ0v) is 14.2. The lowest BCUT2D eigenvalue weighted by molar-refractivity contribution is 0.0779. The Morgan fingerprint density at radius 3 is 2.20 bits per heavy atom. The van der Waals surface area contributed by atoms with E-state index in [1.807, 2.05) is 6.92 Å². The molecule has 0 aromatic heterocycles. The third-order valence-electron chi connectivity index (χ3n) is 4.70. The van der Waals surface area contributed by atoms with Gasteiger partial charge in [0.1, 0.15) is 11.6 Å². The van der Waals surface area contributed by atoms with E-state index < -0.39 is 0 Å². The van der Waals surface area contributed by atoms with Gasteiger partial charge in [0.15, 0.2) is 5.78 Å². The molecule has 130 valence electrons. The summed E-state index contributed by atoms with van der Waals surface area (Å²) in [6.45, 7) is 2.87. The molecular weight excluding hydrogens is 321 g/mol. The van der Waals surface area contributed by atoms with Gasteiger partial charge < -0.3 is 9.64 Å². The van der Waals surface area contributed by atoms with Crippen molar-refractivity contribution in [3.8, 4) is 5.75 Å². The van der Waals surface area contributed by atoms with Crippen molar-refractivity contribution in [2.24, 2.45) is 11.8 Å². The summed E-state index contributed by atoms with van der Waals surface area (Å²) < 4.78 is 18.1. The van der Waals surface area contributed by atoms with Gasteiger partial charge in [0, 0.05) is 30.1 Å². The molecular formula is C20H20FNO3. The molecule has 0 bridgehead atoms. The highest BCUT2D eigenvalue weighted by molar-refractivity contribution is 6.00. The maximum atomic E-state index is 13.0. The van der Waals surface area contributed by atoms with Crippen LogP contribution in [0.1, 0.15) is 27.6 Å². The molecule has 25 heavy (non-hydrogen) atoms. The average molecular weight is 341 g/mol. The third-order valence-corrected chi connectivity index (χ3v) is 4.70. The number of nitrogens with zero attached hydrogens (tertiary/aromatic N) is 1. The van der Waals surface area contributed by atoms with Crippen molar-refractivity contribution in [3.63, 3.8) is 0 Å². The highest BCUT2D eigenvalue weighted by atomic mass is 19.1. The number of halogens is 1. The first kappa shape index (κ1) is 17.1. The SMILES string of the molecule is COc1ccc(C(=O)[C@H]2CN(C(=O)c3ccc(F)cc3)C[C@@H]2C)cc1. The van der Waals surface area contributed by atoms with E-state index in [0.29, 0.717) is 30.0 Å². The molecule has 5 heteroatoms. The predicted molar refractivity (Wildman–Crippen MR) is 92.3 cm³/mol. The molecule has 0 saturated carbocycles. The minimum absolute atomic E-state index is 0.0320. The van der Waals surface area contributed by atoms with Crippen LogP contribution in [0.3, 0.4) is 0 Å². The van der Waals surface area contributed by atoms with E-state index in [0.717, 1.165) is 0 Å². The summed E-state index contributed by atoms with van der Waals surface area (Å²) in [6, 6.07) is 12.5. The first-order chi connectivity index (χ1) is 12.0. The van der Waals surface area contributed by atoms with Crippen LogP contribution in [0.5, 0.6) is 5.75 Å². The highest BCUT2D eigenvalue weighted by Gasteiger charge is 2.37. The van der Waals surface area contributed by atoms with Gasteiger partial charge in [-0.1, -0.05) is 6.92 Å². The molecule has 1 fully saturated rings. The van der Waals surface area contributed by atoms with E-state index in [4.69, 9.17) is 4.74 Å². The number of carbonyl (C=O) groups is 2. The standard InChI is InChI=1S/C20H20FNO3/c1-13-11-22(20(24)15-3-7-16(21)8-4-15)12-18(13)19(23)14-5-9-17(25-2)10-6-14/h3-10,13,18H,11-12H2,1-2H3/t13-,18-/m0/s1. The van der Waals surface area contributed by atoms with Crippen LogP contribution in [0.25, 0.3) is 0 Å². The Hall–Kier alpha value is -2.69. The fourth-order valence-corrected chi connectivity index (χ4v) is 3.22. The number of carbonyl (C=O) groups excluding carboxylic acids is 2. The second kappa shape index (κ2) is 7.05. The molecule has 1 amide bonds. The molecule has 1 aliphatic rings. The molecule has 0 radical (unpaired) electrons. The van der Waals surface area contributed by atoms with Crippen LogP contribution < -0.4 is 4.74 Å². The van der Waals surface area contributed by atoms with Gasteiger partial charge in [-0.15, -0.1) is 0 Å². The van der Waals surface area contributed by atoms with E-state index in [1.54, 1.807) is 36.3 Å². The Labute approximate surface area is 146 Å². The number of hydrogen-bond acceptors (Lipinski definition) is 3. The van der Waals surface area contributed by atoms with Gasteiger partial charge in [-0.3, -0.25) is 9.59 Å². The smallest absolute Gasteiger partial charge is 0.253 e. The van der Waals surface area contributed by atoms with Gasteiger partial charge in [0.2, 0.25) is 0 Å². The maximum Gasteiger partial charge on any atom is 0.253 e. The van der Waals surface area contributed by atoms with Crippen LogP contribution >= 0.6 is 0 Å². The second-order valence-corrected chi connectivity index (χ2v) is 6.39. The molecule has 4 nitrogen and oxygen atoms in total. The maximum absolute atomic E-state index is 13.0. The third kappa shape index (κ3) is 3.55. The van der Waals surface area contributed by atoms with Crippen molar-refractivity contribution in [1.82, 2.24) is 4.90 Å². The summed E-state index contributed by atoms with van der Waals surface area (Å²) >= 11 is 0. The Kier molecular flexibility index (Phi) is 4.83. The van der Waals surface area contributed by atoms with Crippen LogP contribution in [0.15, 0.2) is 48.5 Å². The minimum Gasteiger partial charge on any atom is -0.497 e. The van der Waals surface area contributed by atoms with Gasteiger partial charge in [0.25, 0.3) is 5.91 Å². The van der Waals surface area contributed by atoms with E-state index in [-0.39, 0.29) is 29.3 Å².